The Morgan fingerprint density at radius 1 is 1.29 bits per heavy atom. The number of hydrogen-bond donors (Lipinski definition) is 1. The quantitative estimate of drug-likeness (QED) is 0.908. The summed E-state index contributed by atoms with van der Waals surface area (Å²) in [6, 6.07) is 1.42. The van der Waals surface area contributed by atoms with E-state index in [0.717, 1.165) is 24.3 Å². The number of nitrogens with one attached hydrogen (secondary N) is 1. The van der Waals surface area contributed by atoms with E-state index in [4.69, 9.17) is 23.2 Å². The van der Waals surface area contributed by atoms with Gasteiger partial charge in [-0.15, -0.1) is 11.3 Å². The van der Waals surface area contributed by atoms with Gasteiger partial charge in [0, 0.05) is 19.6 Å². The number of sulfonamides is 1. The third-order valence-electron chi connectivity index (χ3n) is 2.54. The maximum absolute atomic E-state index is 12.3. The van der Waals surface area contributed by atoms with E-state index in [1.165, 1.54) is 10.4 Å². The van der Waals surface area contributed by atoms with Gasteiger partial charge in [0.2, 0.25) is 10.0 Å². The van der Waals surface area contributed by atoms with Gasteiger partial charge in [-0.25, -0.2) is 8.42 Å². The molecule has 0 aliphatic carbocycles. The van der Waals surface area contributed by atoms with E-state index in [2.05, 4.69) is 5.32 Å². The summed E-state index contributed by atoms with van der Waals surface area (Å²) in [6.45, 7) is 2.48. The lowest BCUT2D eigenvalue weighted by atomic mass is 10.4. The van der Waals surface area contributed by atoms with Gasteiger partial charge < -0.3 is 5.32 Å². The summed E-state index contributed by atoms with van der Waals surface area (Å²) in [5.74, 6) is 0. The molecule has 1 N–H and O–H groups in total. The molecular formula is C9H12Cl2N2O2S2. The van der Waals surface area contributed by atoms with Crippen LogP contribution in [0, 0.1) is 0 Å². The molecule has 1 aliphatic rings. The van der Waals surface area contributed by atoms with Crippen LogP contribution in [-0.4, -0.2) is 38.9 Å². The van der Waals surface area contributed by atoms with Gasteiger partial charge in [-0.2, -0.15) is 4.31 Å². The fraction of sp³-hybridized carbons (Fsp3) is 0.556. The van der Waals surface area contributed by atoms with Crippen molar-refractivity contribution in [1.29, 1.82) is 0 Å². The van der Waals surface area contributed by atoms with Crippen LogP contribution >= 0.6 is 34.5 Å². The molecule has 1 aromatic rings. The minimum Gasteiger partial charge on any atom is -0.315 e. The highest BCUT2D eigenvalue weighted by atomic mass is 35.5. The predicted molar refractivity (Wildman–Crippen MR) is 70.6 cm³/mol. The molecule has 4 nitrogen and oxygen atoms in total. The van der Waals surface area contributed by atoms with Crippen LogP contribution < -0.4 is 5.32 Å². The Bertz CT molecular complexity index is 493. The first-order valence-corrected chi connectivity index (χ1v) is 8.19. The smallest absolute Gasteiger partial charge is 0.245 e. The Morgan fingerprint density at radius 2 is 2.06 bits per heavy atom. The molecule has 0 unspecified atom stereocenters. The molecule has 2 heterocycles. The number of hydrogen-bond acceptors (Lipinski definition) is 4. The molecule has 0 bridgehead atoms. The van der Waals surface area contributed by atoms with Gasteiger partial charge in [0.05, 0.1) is 4.34 Å². The minimum absolute atomic E-state index is 0.121. The second-order valence-electron chi connectivity index (χ2n) is 3.70. The molecule has 0 spiro atoms. The molecule has 0 radical (unpaired) electrons. The van der Waals surface area contributed by atoms with Gasteiger partial charge in [-0.05, 0) is 19.0 Å². The first-order valence-electron chi connectivity index (χ1n) is 5.17. The normalized spacial score (nSPS) is 19.2. The van der Waals surface area contributed by atoms with E-state index in [9.17, 15) is 8.42 Å². The summed E-state index contributed by atoms with van der Waals surface area (Å²) >= 11 is 12.8. The lowest BCUT2D eigenvalue weighted by Gasteiger charge is -2.18. The monoisotopic (exact) mass is 314 g/mol. The van der Waals surface area contributed by atoms with Crippen LogP contribution in [-0.2, 0) is 10.0 Å². The van der Waals surface area contributed by atoms with E-state index in [-0.39, 0.29) is 9.23 Å². The third kappa shape index (κ3) is 2.94. The Labute approximate surface area is 115 Å². The van der Waals surface area contributed by atoms with Crippen LogP contribution in [0.25, 0.3) is 0 Å². The lowest BCUT2D eigenvalue weighted by molar-refractivity contribution is 0.432. The topological polar surface area (TPSA) is 49.4 Å². The minimum atomic E-state index is -3.51. The van der Waals surface area contributed by atoms with Gasteiger partial charge in [0.15, 0.2) is 0 Å². The van der Waals surface area contributed by atoms with Crippen molar-refractivity contribution in [2.75, 3.05) is 26.2 Å². The van der Waals surface area contributed by atoms with Crippen LogP contribution in [0.1, 0.15) is 6.42 Å². The van der Waals surface area contributed by atoms with Crippen LogP contribution in [0.3, 0.4) is 0 Å². The molecule has 1 fully saturated rings. The number of nitrogens with zero attached hydrogens (tertiary/aromatic N) is 1. The summed E-state index contributed by atoms with van der Waals surface area (Å²) in [6.07, 6.45) is 0.800. The van der Waals surface area contributed by atoms with Crippen molar-refractivity contribution in [2.24, 2.45) is 0 Å². The average molecular weight is 315 g/mol. The van der Waals surface area contributed by atoms with Crippen molar-refractivity contribution in [3.63, 3.8) is 0 Å². The van der Waals surface area contributed by atoms with Crippen molar-refractivity contribution >= 4 is 44.6 Å². The molecule has 8 heteroatoms. The van der Waals surface area contributed by atoms with Crippen molar-refractivity contribution in [3.8, 4) is 0 Å². The molecule has 1 aliphatic heterocycles. The van der Waals surface area contributed by atoms with Crippen molar-refractivity contribution in [1.82, 2.24) is 9.62 Å². The Balaban J connectivity index is 2.31. The molecule has 0 aromatic carbocycles. The van der Waals surface area contributed by atoms with Gasteiger partial charge >= 0.3 is 0 Å². The zero-order chi connectivity index (χ0) is 12.5. The second kappa shape index (κ2) is 5.42. The standard InChI is InChI=1S/C9H12Cl2N2O2S2/c10-8-6-7(9(11)16-8)17(14,15)13-4-1-2-12-3-5-13/h6,12H,1-5H2. The zero-order valence-corrected chi connectivity index (χ0v) is 12.1. The van der Waals surface area contributed by atoms with Crippen molar-refractivity contribution < 1.29 is 8.42 Å². The SMILES string of the molecule is O=S(=O)(c1cc(Cl)sc1Cl)N1CCCNCC1. The Kier molecular flexibility index (Phi) is 4.33. The second-order valence-corrected chi connectivity index (χ2v) is 7.89. The fourth-order valence-electron chi connectivity index (χ4n) is 1.70. The van der Waals surface area contributed by atoms with Crippen LogP contribution in [0.5, 0.6) is 0 Å². The summed E-state index contributed by atoms with van der Waals surface area (Å²) in [5.41, 5.74) is 0. The summed E-state index contributed by atoms with van der Waals surface area (Å²) in [4.78, 5) is 0.121. The highest BCUT2D eigenvalue weighted by Crippen LogP contribution is 2.35. The maximum atomic E-state index is 12.3. The first-order chi connectivity index (χ1) is 8.01. The summed E-state index contributed by atoms with van der Waals surface area (Å²) in [5, 5.41) is 3.16. The Morgan fingerprint density at radius 3 is 2.71 bits per heavy atom. The average Bonchev–Trinajstić information content (AvgIpc) is 2.52. The lowest BCUT2D eigenvalue weighted by Crippen LogP contribution is -2.34. The largest absolute Gasteiger partial charge is 0.315 e. The van der Waals surface area contributed by atoms with Crippen LogP contribution in [0.2, 0.25) is 8.67 Å². The zero-order valence-electron chi connectivity index (χ0n) is 8.95. The van der Waals surface area contributed by atoms with Crippen LogP contribution in [0.4, 0.5) is 0 Å². The number of rotatable bonds is 2. The third-order valence-corrected chi connectivity index (χ3v) is 6.19. The van der Waals surface area contributed by atoms with Crippen molar-refractivity contribution in [3.05, 3.63) is 14.7 Å². The van der Waals surface area contributed by atoms with E-state index in [1.54, 1.807) is 0 Å². The molecule has 17 heavy (non-hydrogen) atoms. The van der Waals surface area contributed by atoms with E-state index < -0.39 is 10.0 Å². The van der Waals surface area contributed by atoms with Gasteiger partial charge in [-0.3, -0.25) is 0 Å². The molecule has 1 aromatic heterocycles. The predicted octanol–water partition coefficient (Wildman–Crippen LogP) is 2.04. The molecule has 0 saturated carbocycles. The summed E-state index contributed by atoms with van der Waals surface area (Å²) < 4.78 is 26.7. The Hall–Kier alpha value is 0.150. The van der Waals surface area contributed by atoms with Gasteiger partial charge in [0.25, 0.3) is 0 Å². The van der Waals surface area contributed by atoms with E-state index >= 15 is 0 Å². The maximum Gasteiger partial charge on any atom is 0.245 e. The number of halogens is 2. The molecule has 96 valence electrons. The highest BCUT2D eigenvalue weighted by Gasteiger charge is 2.28. The number of thiophene rings is 1. The molecule has 0 atom stereocenters. The fourth-order valence-corrected chi connectivity index (χ4v) is 5.29. The van der Waals surface area contributed by atoms with Crippen molar-refractivity contribution in [2.45, 2.75) is 11.3 Å². The highest BCUT2D eigenvalue weighted by molar-refractivity contribution is 7.89. The molecule has 2 rings (SSSR count). The molecule has 1 saturated heterocycles. The van der Waals surface area contributed by atoms with Gasteiger partial charge in [0.1, 0.15) is 9.23 Å². The van der Waals surface area contributed by atoms with E-state index in [1.807, 2.05) is 0 Å². The van der Waals surface area contributed by atoms with Crippen LogP contribution in [0.15, 0.2) is 11.0 Å². The van der Waals surface area contributed by atoms with E-state index in [0.29, 0.717) is 24.0 Å². The first kappa shape index (κ1) is 13.6. The molecular weight excluding hydrogens is 303 g/mol. The van der Waals surface area contributed by atoms with Gasteiger partial charge in [-0.1, -0.05) is 23.2 Å². The summed E-state index contributed by atoms with van der Waals surface area (Å²) in [7, 11) is -3.51. The molecule has 0 amide bonds.